The van der Waals surface area contributed by atoms with Crippen LogP contribution in [-0.2, 0) is 25.6 Å². The summed E-state index contributed by atoms with van der Waals surface area (Å²) in [4.78, 5) is 54.7. The van der Waals surface area contributed by atoms with Crippen molar-refractivity contribution in [1.82, 2.24) is 15.1 Å². The molecule has 0 spiro atoms. The molecule has 0 bridgehead atoms. The number of nitrogens with zero attached hydrogens (tertiary/aromatic N) is 3. The predicted octanol–water partition coefficient (Wildman–Crippen LogP) is 2.83. The summed E-state index contributed by atoms with van der Waals surface area (Å²) in [6.07, 6.45) is 4.21. The van der Waals surface area contributed by atoms with E-state index in [0.717, 1.165) is 50.0 Å². The van der Waals surface area contributed by atoms with Crippen molar-refractivity contribution >= 4 is 29.5 Å². The van der Waals surface area contributed by atoms with E-state index in [9.17, 15) is 19.2 Å². The molecule has 1 atom stereocenters. The molecule has 38 heavy (non-hydrogen) atoms. The van der Waals surface area contributed by atoms with Crippen LogP contribution in [0.3, 0.4) is 0 Å². The quantitative estimate of drug-likeness (QED) is 0.601. The second-order valence-corrected chi connectivity index (χ2v) is 11.7. The molecule has 0 aromatic heterocycles. The molecular weight excluding hydrogens is 488 g/mol. The highest BCUT2D eigenvalue weighted by atomic mass is 16.6. The van der Waals surface area contributed by atoms with Crippen LogP contribution in [0.5, 0.6) is 0 Å². The van der Waals surface area contributed by atoms with Crippen molar-refractivity contribution in [2.24, 2.45) is 0 Å². The highest BCUT2D eigenvalue weighted by Crippen LogP contribution is 2.32. The number of amides is 4. The third kappa shape index (κ3) is 5.80. The first-order chi connectivity index (χ1) is 18.1. The van der Waals surface area contributed by atoms with Crippen LogP contribution >= 0.6 is 0 Å². The van der Waals surface area contributed by atoms with Gasteiger partial charge in [-0.25, -0.2) is 4.79 Å². The van der Waals surface area contributed by atoms with Gasteiger partial charge in [0.2, 0.25) is 11.8 Å². The van der Waals surface area contributed by atoms with Gasteiger partial charge in [-0.1, -0.05) is 0 Å². The number of hydrogen-bond acceptors (Lipinski definition) is 7. The summed E-state index contributed by atoms with van der Waals surface area (Å²) in [5.41, 5.74) is 2.15. The normalized spacial score (nSPS) is 23.5. The van der Waals surface area contributed by atoms with Gasteiger partial charge in [-0.05, 0) is 76.6 Å². The molecule has 4 aliphatic rings. The van der Waals surface area contributed by atoms with E-state index in [2.05, 4.69) is 16.3 Å². The lowest BCUT2D eigenvalue weighted by atomic mass is 10.0. The fraction of sp³-hybridized carbons (Fsp3) is 0.643. The zero-order chi connectivity index (χ0) is 27.0. The number of piperidine rings is 3. The second-order valence-electron chi connectivity index (χ2n) is 11.7. The number of anilines is 1. The first-order valence-electron chi connectivity index (χ1n) is 13.7. The molecule has 1 aromatic rings. The van der Waals surface area contributed by atoms with Crippen LogP contribution in [0, 0.1) is 0 Å². The van der Waals surface area contributed by atoms with Crippen molar-refractivity contribution < 1.29 is 28.7 Å². The summed E-state index contributed by atoms with van der Waals surface area (Å²) < 4.78 is 11.9. The number of rotatable bonds is 4. The zero-order valence-electron chi connectivity index (χ0n) is 22.5. The Morgan fingerprint density at radius 1 is 0.947 bits per heavy atom. The van der Waals surface area contributed by atoms with Gasteiger partial charge < -0.3 is 24.2 Å². The standard InChI is InChI=1S/C28H38N4O6/c1-28(2,3)38-27(36)31-14-10-21(11-15-31)37-20-8-12-30(13-9-20)19-4-5-22-18(16-19)17-32(26(22)35)23-6-7-24(33)29-25(23)34/h4-5,16,20-21,23H,6-15,17H2,1-3H3,(H,29,33,34). The number of likely N-dealkylation sites (tertiary alicyclic amines) is 1. The summed E-state index contributed by atoms with van der Waals surface area (Å²) in [5, 5.41) is 2.35. The van der Waals surface area contributed by atoms with Gasteiger partial charge in [-0.15, -0.1) is 0 Å². The van der Waals surface area contributed by atoms with E-state index in [1.807, 2.05) is 32.9 Å². The summed E-state index contributed by atoms with van der Waals surface area (Å²) in [6, 6.07) is 5.31. The molecule has 4 amide bonds. The molecule has 0 radical (unpaired) electrons. The smallest absolute Gasteiger partial charge is 0.410 e. The van der Waals surface area contributed by atoms with Gasteiger partial charge in [0.05, 0.1) is 12.2 Å². The number of hydrogen-bond donors (Lipinski definition) is 1. The first kappa shape index (κ1) is 26.5. The average Bonchev–Trinajstić information content (AvgIpc) is 3.19. The van der Waals surface area contributed by atoms with E-state index >= 15 is 0 Å². The lowest BCUT2D eigenvalue weighted by molar-refractivity contribution is -0.136. The minimum absolute atomic E-state index is 0.147. The predicted molar refractivity (Wildman–Crippen MR) is 140 cm³/mol. The molecule has 206 valence electrons. The van der Waals surface area contributed by atoms with Gasteiger partial charge in [0.25, 0.3) is 5.91 Å². The van der Waals surface area contributed by atoms with Crippen LogP contribution < -0.4 is 10.2 Å². The van der Waals surface area contributed by atoms with Crippen molar-refractivity contribution in [2.75, 3.05) is 31.1 Å². The monoisotopic (exact) mass is 526 g/mol. The molecule has 1 unspecified atom stereocenters. The average molecular weight is 527 g/mol. The number of carbonyl (C=O) groups is 4. The number of ether oxygens (including phenoxy) is 2. The number of carbonyl (C=O) groups excluding carboxylic acids is 4. The number of fused-ring (bicyclic) bond motifs is 1. The molecule has 3 fully saturated rings. The summed E-state index contributed by atoms with van der Waals surface area (Å²) in [5.74, 6) is -0.817. The third-order valence-electron chi connectivity index (χ3n) is 7.79. The maximum Gasteiger partial charge on any atom is 0.410 e. The Balaban J connectivity index is 1.10. The molecule has 0 saturated carbocycles. The Hall–Kier alpha value is -3.14. The molecular formula is C28H38N4O6. The van der Waals surface area contributed by atoms with Crippen LogP contribution in [0.25, 0.3) is 0 Å². The Morgan fingerprint density at radius 3 is 2.24 bits per heavy atom. The van der Waals surface area contributed by atoms with E-state index < -0.39 is 11.6 Å². The van der Waals surface area contributed by atoms with Crippen LogP contribution in [0.15, 0.2) is 18.2 Å². The summed E-state index contributed by atoms with van der Waals surface area (Å²) in [7, 11) is 0. The van der Waals surface area contributed by atoms with Gasteiger partial charge >= 0.3 is 6.09 Å². The van der Waals surface area contributed by atoms with E-state index in [0.29, 0.717) is 31.6 Å². The van der Waals surface area contributed by atoms with Gasteiger partial charge in [0, 0.05) is 50.4 Å². The highest BCUT2D eigenvalue weighted by molar-refractivity contribution is 6.05. The van der Waals surface area contributed by atoms with E-state index in [1.54, 1.807) is 9.80 Å². The van der Waals surface area contributed by atoms with Gasteiger partial charge in [-0.2, -0.15) is 0 Å². The molecule has 10 heteroatoms. The topological polar surface area (TPSA) is 108 Å². The van der Waals surface area contributed by atoms with Crippen LogP contribution in [0.1, 0.15) is 75.2 Å². The minimum atomic E-state index is -0.597. The van der Waals surface area contributed by atoms with Crippen LogP contribution in [0.4, 0.5) is 10.5 Å². The van der Waals surface area contributed by atoms with Crippen molar-refractivity contribution in [1.29, 1.82) is 0 Å². The lowest BCUT2D eigenvalue weighted by Gasteiger charge is -2.38. The fourth-order valence-corrected chi connectivity index (χ4v) is 5.78. The van der Waals surface area contributed by atoms with Gasteiger partial charge in [-0.3, -0.25) is 19.7 Å². The van der Waals surface area contributed by atoms with E-state index in [4.69, 9.17) is 9.47 Å². The number of nitrogens with one attached hydrogen (secondary N) is 1. The molecule has 10 nitrogen and oxygen atoms in total. The largest absolute Gasteiger partial charge is 0.444 e. The number of imide groups is 1. The third-order valence-corrected chi connectivity index (χ3v) is 7.79. The summed E-state index contributed by atoms with van der Waals surface area (Å²) >= 11 is 0. The highest BCUT2D eigenvalue weighted by Gasteiger charge is 2.39. The minimum Gasteiger partial charge on any atom is -0.444 e. The van der Waals surface area contributed by atoms with E-state index in [1.165, 1.54) is 0 Å². The van der Waals surface area contributed by atoms with Crippen LogP contribution in [-0.4, -0.2) is 83.6 Å². The van der Waals surface area contributed by atoms with Crippen molar-refractivity contribution in [2.45, 2.75) is 89.7 Å². The lowest BCUT2D eigenvalue weighted by Crippen LogP contribution is -2.52. The summed E-state index contributed by atoms with van der Waals surface area (Å²) in [6.45, 7) is 9.07. The van der Waals surface area contributed by atoms with Gasteiger partial charge in [0.1, 0.15) is 11.6 Å². The maximum atomic E-state index is 13.0. The Labute approximate surface area is 223 Å². The Kier molecular flexibility index (Phi) is 7.35. The fourth-order valence-electron chi connectivity index (χ4n) is 5.78. The zero-order valence-corrected chi connectivity index (χ0v) is 22.5. The molecule has 1 aromatic carbocycles. The molecule has 5 rings (SSSR count). The SMILES string of the molecule is CC(C)(C)OC(=O)N1CCC(OC2CCN(c3ccc4c(c3)CN(C3CCC(=O)NC3=O)C4=O)CC2)CC1. The maximum absolute atomic E-state index is 13.0. The first-order valence-corrected chi connectivity index (χ1v) is 13.7. The Bertz CT molecular complexity index is 1100. The van der Waals surface area contributed by atoms with Crippen molar-refractivity contribution in [3.05, 3.63) is 29.3 Å². The molecule has 3 saturated heterocycles. The molecule has 4 heterocycles. The van der Waals surface area contributed by atoms with Crippen molar-refractivity contribution in [3.63, 3.8) is 0 Å². The number of benzene rings is 1. The molecule has 4 aliphatic heterocycles. The Morgan fingerprint density at radius 2 is 1.61 bits per heavy atom. The van der Waals surface area contributed by atoms with Gasteiger partial charge in [0.15, 0.2) is 0 Å². The van der Waals surface area contributed by atoms with Crippen molar-refractivity contribution in [3.8, 4) is 0 Å². The molecule has 0 aliphatic carbocycles. The molecule has 1 N–H and O–H groups in total. The van der Waals surface area contributed by atoms with E-state index in [-0.39, 0.29) is 42.4 Å². The second kappa shape index (κ2) is 10.6. The van der Waals surface area contributed by atoms with Crippen LogP contribution in [0.2, 0.25) is 0 Å².